The van der Waals surface area contributed by atoms with E-state index in [4.69, 9.17) is 27.2 Å². The van der Waals surface area contributed by atoms with Crippen LogP contribution in [0.2, 0.25) is 0 Å². The van der Waals surface area contributed by atoms with Gasteiger partial charge in [0.1, 0.15) is 0 Å². The third-order valence-electron chi connectivity index (χ3n) is 6.56. The minimum atomic E-state index is -2.80. The van der Waals surface area contributed by atoms with Crippen LogP contribution in [0.15, 0.2) is 24.3 Å². The molecule has 1 heterocycles. The maximum atomic E-state index is 13.0. The number of nitrogens with one attached hydrogen (secondary N) is 1. The maximum absolute atomic E-state index is 13.0. The number of fused-ring (bicyclic) bond motifs is 2. The van der Waals surface area contributed by atoms with Gasteiger partial charge in [0.05, 0.1) is 42.9 Å². The number of amides is 1. The zero-order valence-electron chi connectivity index (χ0n) is 25.0. The number of carbonyl (C=O) groups excluding carboxylic acids is 1. The van der Waals surface area contributed by atoms with Crippen molar-refractivity contribution in [3.8, 4) is 23.0 Å². The van der Waals surface area contributed by atoms with Gasteiger partial charge in [0.2, 0.25) is 5.91 Å². The predicted molar refractivity (Wildman–Crippen MR) is 127 cm³/mol. The van der Waals surface area contributed by atoms with Crippen molar-refractivity contribution in [3.63, 3.8) is 0 Å². The van der Waals surface area contributed by atoms with Crippen LogP contribution in [-0.2, 0) is 24.1 Å². The van der Waals surface area contributed by atoms with Gasteiger partial charge in [-0.05, 0) is 72.3 Å². The molecule has 2 aliphatic rings. The Morgan fingerprint density at radius 3 is 2.36 bits per heavy atom. The van der Waals surface area contributed by atoms with E-state index in [2.05, 4.69) is 5.32 Å². The monoisotopic (exact) mass is 460 g/mol. The van der Waals surface area contributed by atoms with Gasteiger partial charge in [-0.15, -0.1) is 0 Å². The number of ether oxygens (including phenoxy) is 4. The molecule has 1 aliphatic heterocycles. The molecule has 0 aromatic heterocycles. The highest BCUT2D eigenvalue weighted by Gasteiger charge is 2.28. The molecule has 1 N–H and O–H groups in total. The fourth-order valence-electron chi connectivity index (χ4n) is 4.68. The lowest BCUT2D eigenvalue weighted by molar-refractivity contribution is -0.130. The number of methoxy groups -OCH3 is 4. The smallest absolute Gasteiger partial charge is 0.227 e. The summed E-state index contributed by atoms with van der Waals surface area (Å²) in [5.74, 6) is 1.41. The van der Waals surface area contributed by atoms with Gasteiger partial charge < -0.3 is 29.2 Å². The summed E-state index contributed by atoms with van der Waals surface area (Å²) in [5, 5.41) is 3.49. The molecule has 0 saturated heterocycles. The van der Waals surface area contributed by atoms with E-state index < -0.39 is 14.1 Å². The number of hydrogen-bond donors (Lipinski definition) is 1. The van der Waals surface area contributed by atoms with Crippen LogP contribution in [0.5, 0.6) is 23.0 Å². The van der Waals surface area contributed by atoms with Crippen LogP contribution >= 0.6 is 0 Å². The molecule has 0 fully saturated rings. The van der Waals surface area contributed by atoms with Crippen molar-refractivity contribution in [3.05, 3.63) is 46.5 Å². The summed E-state index contributed by atoms with van der Waals surface area (Å²) in [7, 11) is -2.31. The second kappa shape index (κ2) is 10.3. The van der Waals surface area contributed by atoms with Gasteiger partial charge >= 0.3 is 0 Å². The minimum Gasteiger partial charge on any atom is -0.493 e. The molecule has 0 saturated carbocycles. The molecule has 1 aliphatic carbocycles. The maximum Gasteiger partial charge on any atom is 0.227 e. The van der Waals surface area contributed by atoms with Gasteiger partial charge in [0, 0.05) is 25.6 Å². The van der Waals surface area contributed by atoms with Crippen molar-refractivity contribution < 1.29 is 32.0 Å². The molecule has 1 atom stereocenters. The first kappa shape index (κ1) is 16.6. The largest absolute Gasteiger partial charge is 0.493 e. The van der Waals surface area contributed by atoms with E-state index in [0.717, 1.165) is 43.0 Å². The average Bonchev–Trinajstić information content (AvgIpc) is 2.97. The summed E-state index contributed by atoms with van der Waals surface area (Å²) < 4.78 is 65.2. The number of hydrogen-bond acceptors (Lipinski definition) is 6. The normalized spacial score (nSPS) is 20.4. The van der Waals surface area contributed by atoms with E-state index in [0.29, 0.717) is 31.0 Å². The van der Waals surface area contributed by atoms with E-state index in [-0.39, 0.29) is 23.8 Å². The Balaban J connectivity index is 1.31. The first-order valence-electron chi connectivity index (χ1n) is 14.1. The highest BCUT2D eigenvalue weighted by Crippen LogP contribution is 2.42. The van der Waals surface area contributed by atoms with E-state index >= 15 is 0 Å². The average molecular weight is 461 g/mol. The quantitative estimate of drug-likeness (QED) is 0.550. The Labute approximate surface area is 204 Å². The molecule has 7 nitrogen and oxygen atoms in total. The molecule has 0 bridgehead atoms. The molecule has 2 aromatic rings. The highest BCUT2D eigenvalue weighted by atomic mass is 16.5. The van der Waals surface area contributed by atoms with E-state index in [1.54, 1.807) is 19.1 Å². The Morgan fingerprint density at radius 1 is 0.970 bits per heavy atom. The van der Waals surface area contributed by atoms with Crippen molar-refractivity contribution >= 4 is 5.91 Å². The van der Waals surface area contributed by atoms with Gasteiger partial charge in [-0.3, -0.25) is 4.79 Å². The standard InChI is InChI=1S/C26H34N2O5/c1-30-22-11-17-6-9-28(26(29)14-18(17)12-23(22)31-2)8-5-7-27-16-20-10-19-13-24(32-3)25(33-4)15-21(19)20/h11-13,15,20,27H,5-10,14,16H2,1-4H3/t20-/m1/s1/i1D3,2D3. The number of benzene rings is 2. The second-order valence-corrected chi connectivity index (χ2v) is 8.44. The lowest BCUT2D eigenvalue weighted by Gasteiger charge is -2.31. The fraction of sp³-hybridized carbons (Fsp3) is 0.500. The summed E-state index contributed by atoms with van der Waals surface area (Å²) in [5.41, 5.74) is 3.88. The molecule has 1 amide bonds. The first-order valence-corrected chi connectivity index (χ1v) is 11.1. The van der Waals surface area contributed by atoms with Gasteiger partial charge in [-0.1, -0.05) is 0 Å². The number of carbonyl (C=O) groups is 1. The minimum absolute atomic E-state index is 0.0678. The molecule has 4 rings (SSSR count). The zero-order valence-corrected chi connectivity index (χ0v) is 19.0. The highest BCUT2D eigenvalue weighted by molar-refractivity contribution is 5.80. The van der Waals surface area contributed by atoms with Crippen molar-refractivity contribution in [2.75, 3.05) is 54.5 Å². The van der Waals surface area contributed by atoms with E-state index in [9.17, 15) is 4.79 Å². The van der Waals surface area contributed by atoms with E-state index in [1.807, 2.05) is 12.1 Å². The lowest BCUT2D eigenvalue weighted by atomic mass is 9.77. The third-order valence-corrected chi connectivity index (χ3v) is 6.56. The van der Waals surface area contributed by atoms with Crippen LogP contribution in [-0.4, -0.2) is 65.3 Å². The van der Waals surface area contributed by atoms with E-state index in [1.165, 1.54) is 23.3 Å². The lowest BCUT2D eigenvalue weighted by Crippen LogP contribution is -2.35. The van der Waals surface area contributed by atoms with Crippen LogP contribution in [0.4, 0.5) is 0 Å². The summed E-state index contributed by atoms with van der Waals surface area (Å²) >= 11 is 0. The predicted octanol–water partition coefficient (Wildman–Crippen LogP) is 2.97. The van der Waals surface area contributed by atoms with Crippen LogP contribution in [0, 0.1) is 0 Å². The molecule has 0 radical (unpaired) electrons. The molecule has 178 valence electrons. The topological polar surface area (TPSA) is 69.3 Å². The van der Waals surface area contributed by atoms with Crippen LogP contribution in [0.25, 0.3) is 0 Å². The van der Waals surface area contributed by atoms with Gasteiger partial charge in [0.25, 0.3) is 0 Å². The summed E-state index contributed by atoms with van der Waals surface area (Å²) in [6.45, 7) is 2.63. The molecular formula is C26H34N2O5. The van der Waals surface area contributed by atoms with Crippen molar-refractivity contribution in [1.29, 1.82) is 0 Å². The van der Waals surface area contributed by atoms with Crippen molar-refractivity contribution in [2.45, 2.75) is 31.6 Å². The third kappa shape index (κ3) is 4.88. The van der Waals surface area contributed by atoms with Crippen LogP contribution < -0.4 is 24.3 Å². The molecular weight excluding hydrogens is 420 g/mol. The summed E-state index contributed by atoms with van der Waals surface area (Å²) in [4.78, 5) is 14.8. The van der Waals surface area contributed by atoms with Gasteiger partial charge in [0.15, 0.2) is 23.0 Å². The summed E-state index contributed by atoms with van der Waals surface area (Å²) in [6.07, 6.45) is 2.31. The summed E-state index contributed by atoms with van der Waals surface area (Å²) in [6, 6.07) is 6.96. The number of rotatable bonds is 10. The van der Waals surface area contributed by atoms with Crippen molar-refractivity contribution in [2.24, 2.45) is 0 Å². The Bertz CT molecular complexity index is 1200. The van der Waals surface area contributed by atoms with Gasteiger partial charge in [-0.2, -0.15) is 0 Å². The molecule has 0 spiro atoms. The second-order valence-electron chi connectivity index (χ2n) is 8.44. The molecule has 0 unspecified atom stereocenters. The molecule has 7 heteroatoms. The fourth-order valence-corrected chi connectivity index (χ4v) is 4.68. The number of nitrogens with zero attached hydrogens (tertiary/aromatic N) is 1. The van der Waals surface area contributed by atoms with Crippen LogP contribution in [0.1, 0.15) is 42.8 Å². The Morgan fingerprint density at radius 2 is 1.64 bits per heavy atom. The first-order chi connectivity index (χ1) is 18.4. The molecule has 33 heavy (non-hydrogen) atoms. The zero-order chi connectivity index (χ0) is 28.4. The SMILES string of the molecule is [2H]C([2H])([2H])Oc1cc2c(cc1OC([2H])([2H])[2H])CC(=O)N(CCCNC[C@H]1Cc3cc(OC)c(OC)cc31)CC2. The van der Waals surface area contributed by atoms with Crippen molar-refractivity contribution in [1.82, 2.24) is 10.2 Å². The Hall–Kier alpha value is -2.93. The Kier molecular flexibility index (Phi) is 5.22. The van der Waals surface area contributed by atoms with Gasteiger partial charge in [-0.25, -0.2) is 0 Å². The van der Waals surface area contributed by atoms with Crippen LogP contribution in [0.3, 0.4) is 0 Å². The molecule has 2 aromatic carbocycles.